The maximum absolute atomic E-state index is 12.3. The number of thioether (sulfide) groups is 1. The number of hydrogen-bond donors (Lipinski definition) is 2. The molecule has 148 valence electrons. The number of hydrogen-bond acceptors (Lipinski definition) is 7. The van der Waals surface area contributed by atoms with Crippen LogP contribution in [0.5, 0.6) is 0 Å². The van der Waals surface area contributed by atoms with Gasteiger partial charge in [0.05, 0.1) is 5.25 Å². The van der Waals surface area contributed by atoms with Crippen LogP contribution in [0.4, 0.5) is 5.69 Å². The molecule has 1 aromatic carbocycles. The Kier molecular flexibility index (Phi) is 6.69. The first-order valence-electron chi connectivity index (χ1n) is 8.99. The van der Waals surface area contributed by atoms with Gasteiger partial charge in [0.25, 0.3) is 5.91 Å². The molecule has 0 aliphatic heterocycles. The average molecular weight is 419 g/mol. The molecular weight excluding hydrogens is 396 g/mol. The molecule has 7 nitrogen and oxygen atoms in total. The Labute approximate surface area is 171 Å². The molecule has 0 bridgehead atoms. The number of anilines is 1. The molecule has 1 atom stereocenters. The predicted molar refractivity (Wildman–Crippen MR) is 113 cm³/mol. The van der Waals surface area contributed by atoms with Crippen molar-refractivity contribution in [1.29, 1.82) is 0 Å². The number of amides is 2. The molecule has 2 amide bonds. The lowest BCUT2D eigenvalue weighted by Gasteiger charge is -2.10. The van der Waals surface area contributed by atoms with Gasteiger partial charge in [0.2, 0.25) is 5.91 Å². The molecule has 2 heterocycles. The Bertz CT molecular complexity index is 983. The van der Waals surface area contributed by atoms with Gasteiger partial charge in [0.15, 0.2) is 5.76 Å². The number of benzene rings is 1. The lowest BCUT2D eigenvalue weighted by molar-refractivity contribution is -0.115. The summed E-state index contributed by atoms with van der Waals surface area (Å²) in [7, 11) is 0. The second-order valence-electron chi connectivity index (χ2n) is 6.17. The lowest BCUT2D eigenvalue weighted by atomic mass is 10.2. The highest BCUT2D eigenvalue weighted by Crippen LogP contribution is 2.24. The first-order chi connectivity index (χ1) is 13.5. The standard InChI is InChI=1S/C19H22N4O3S2/c1-4-27-11(2)18(24)21-14-5-6-15-13(9-14)10-16(26-15)19(25)20-8-7-17-23-22-12(3)28-17/h5-6,9-11H,4,7-8H2,1-3H3,(H,20,25)(H,21,24). The normalized spacial score (nSPS) is 12.1. The smallest absolute Gasteiger partial charge is 0.287 e. The van der Waals surface area contributed by atoms with Gasteiger partial charge in [0, 0.05) is 24.0 Å². The van der Waals surface area contributed by atoms with Crippen LogP contribution in [-0.2, 0) is 11.2 Å². The summed E-state index contributed by atoms with van der Waals surface area (Å²) in [5.41, 5.74) is 1.28. The highest BCUT2D eigenvalue weighted by atomic mass is 32.2. The minimum Gasteiger partial charge on any atom is -0.451 e. The molecule has 3 aromatic rings. The second-order valence-corrected chi connectivity index (χ2v) is 9.05. The Morgan fingerprint density at radius 1 is 1.29 bits per heavy atom. The predicted octanol–water partition coefficient (Wildman–Crippen LogP) is 3.65. The maximum atomic E-state index is 12.3. The average Bonchev–Trinajstić information content (AvgIpc) is 3.27. The summed E-state index contributed by atoms with van der Waals surface area (Å²) >= 11 is 3.10. The van der Waals surface area contributed by atoms with Gasteiger partial charge >= 0.3 is 0 Å². The Morgan fingerprint density at radius 3 is 2.82 bits per heavy atom. The quantitative estimate of drug-likeness (QED) is 0.580. The van der Waals surface area contributed by atoms with E-state index in [2.05, 4.69) is 20.8 Å². The zero-order valence-electron chi connectivity index (χ0n) is 15.9. The van der Waals surface area contributed by atoms with Gasteiger partial charge in [-0.3, -0.25) is 9.59 Å². The van der Waals surface area contributed by atoms with E-state index in [0.29, 0.717) is 24.2 Å². The van der Waals surface area contributed by atoms with E-state index in [4.69, 9.17) is 4.42 Å². The van der Waals surface area contributed by atoms with Crippen LogP contribution in [0.25, 0.3) is 11.0 Å². The molecular formula is C19H22N4O3S2. The van der Waals surface area contributed by atoms with E-state index in [1.54, 1.807) is 36.0 Å². The van der Waals surface area contributed by atoms with E-state index < -0.39 is 0 Å². The number of aryl methyl sites for hydroxylation is 1. The van der Waals surface area contributed by atoms with Crippen molar-refractivity contribution in [3.05, 3.63) is 40.0 Å². The minimum atomic E-state index is -0.281. The molecule has 3 rings (SSSR count). The fourth-order valence-electron chi connectivity index (χ4n) is 2.61. The molecule has 2 N–H and O–H groups in total. The maximum Gasteiger partial charge on any atom is 0.287 e. The molecule has 0 spiro atoms. The molecule has 9 heteroatoms. The molecule has 0 saturated carbocycles. The van der Waals surface area contributed by atoms with Crippen LogP contribution in [0.3, 0.4) is 0 Å². The monoisotopic (exact) mass is 418 g/mol. The summed E-state index contributed by atoms with van der Waals surface area (Å²) in [5, 5.41) is 16.2. The topological polar surface area (TPSA) is 97.1 Å². The fraction of sp³-hybridized carbons (Fsp3) is 0.368. The van der Waals surface area contributed by atoms with E-state index in [1.165, 1.54) is 11.3 Å². The van der Waals surface area contributed by atoms with Crippen molar-refractivity contribution in [2.45, 2.75) is 32.4 Å². The summed E-state index contributed by atoms with van der Waals surface area (Å²) in [6.07, 6.45) is 0.627. The van der Waals surface area contributed by atoms with Crippen molar-refractivity contribution in [2.24, 2.45) is 0 Å². The molecule has 2 aromatic heterocycles. The highest BCUT2D eigenvalue weighted by molar-refractivity contribution is 8.00. The zero-order chi connectivity index (χ0) is 20.1. The summed E-state index contributed by atoms with van der Waals surface area (Å²) < 4.78 is 5.63. The number of rotatable bonds is 8. The first kappa shape index (κ1) is 20.3. The molecule has 0 saturated heterocycles. The number of nitrogens with zero attached hydrogens (tertiary/aromatic N) is 2. The van der Waals surface area contributed by atoms with Crippen LogP contribution in [0.2, 0.25) is 0 Å². The van der Waals surface area contributed by atoms with Crippen LogP contribution in [0.15, 0.2) is 28.7 Å². The van der Waals surface area contributed by atoms with E-state index in [1.807, 2.05) is 20.8 Å². The van der Waals surface area contributed by atoms with E-state index in [-0.39, 0.29) is 22.8 Å². The molecule has 0 aliphatic carbocycles. The number of carbonyl (C=O) groups excluding carboxylic acids is 2. The van der Waals surface area contributed by atoms with E-state index in [9.17, 15) is 9.59 Å². The Balaban J connectivity index is 1.61. The number of aromatic nitrogens is 2. The zero-order valence-corrected chi connectivity index (χ0v) is 17.6. The third-order valence-corrected chi connectivity index (χ3v) is 5.93. The number of carbonyl (C=O) groups is 2. The van der Waals surface area contributed by atoms with Crippen molar-refractivity contribution < 1.29 is 14.0 Å². The van der Waals surface area contributed by atoms with Crippen molar-refractivity contribution >= 4 is 51.6 Å². The van der Waals surface area contributed by atoms with Gasteiger partial charge in [-0.1, -0.05) is 6.92 Å². The molecule has 0 fully saturated rings. The van der Waals surface area contributed by atoms with Gasteiger partial charge in [0.1, 0.15) is 15.6 Å². The van der Waals surface area contributed by atoms with Crippen LogP contribution in [0, 0.1) is 6.92 Å². The minimum absolute atomic E-state index is 0.0421. The van der Waals surface area contributed by atoms with Gasteiger partial charge < -0.3 is 15.1 Å². The van der Waals surface area contributed by atoms with Gasteiger partial charge in [-0.2, -0.15) is 0 Å². The third kappa shape index (κ3) is 5.11. The highest BCUT2D eigenvalue weighted by Gasteiger charge is 2.15. The fourth-order valence-corrected chi connectivity index (χ4v) is 4.03. The number of furan rings is 1. The van der Waals surface area contributed by atoms with Crippen LogP contribution >= 0.6 is 23.1 Å². The molecule has 0 radical (unpaired) electrons. The van der Waals surface area contributed by atoms with Crippen molar-refractivity contribution in [1.82, 2.24) is 15.5 Å². The van der Waals surface area contributed by atoms with E-state index >= 15 is 0 Å². The van der Waals surface area contributed by atoms with Crippen molar-refractivity contribution in [2.75, 3.05) is 17.6 Å². The van der Waals surface area contributed by atoms with E-state index in [0.717, 1.165) is 21.2 Å². The lowest BCUT2D eigenvalue weighted by Crippen LogP contribution is -2.25. The van der Waals surface area contributed by atoms with Crippen LogP contribution in [-0.4, -0.2) is 39.6 Å². The summed E-state index contributed by atoms with van der Waals surface area (Å²) in [6, 6.07) is 7.01. The van der Waals surface area contributed by atoms with Crippen LogP contribution in [0.1, 0.15) is 34.4 Å². The van der Waals surface area contributed by atoms with Crippen molar-refractivity contribution in [3.63, 3.8) is 0 Å². The Morgan fingerprint density at radius 2 is 2.11 bits per heavy atom. The second kappa shape index (κ2) is 9.20. The third-order valence-electron chi connectivity index (χ3n) is 3.99. The van der Waals surface area contributed by atoms with Gasteiger partial charge in [-0.05, 0) is 43.9 Å². The Hall–Kier alpha value is -2.39. The SMILES string of the molecule is CCSC(C)C(=O)Nc1ccc2oc(C(=O)NCCc3nnc(C)s3)cc2c1. The van der Waals surface area contributed by atoms with Gasteiger partial charge in [-0.25, -0.2) is 0 Å². The van der Waals surface area contributed by atoms with Crippen molar-refractivity contribution in [3.8, 4) is 0 Å². The number of fused-ring (bicyclic) bond motifs is 1. The first-order valence-corrected chi connectivity index (χ1v) is 10.9. The molecule has 28 heavy (non-hydrogen) atoms. The largest absolute Gasteiger partial charge is 0.451 e. The number of nitrogens with one attached hydrogen (secondary N) is 2. The van der Waals surface area contributed by atoms with Crippen LogP contribution < -0.4 is 10.6 Å². The summed E-state index contributed by atoms with van der Waals surface area (Å²) in [5.74, 6) is 0.796. The summed E-state index contributed by atoms with van der Waals surface area (Å²) in [6.45, 7) is 6.26. The molecule has 0 aliphatic rings. The van der Waals surface area contributed by atoms with Gasteiger partial charge in [-0.15, -0.1) is 33.3 Å². The molecule has 1 unspecified atom stereocenters. The summed E-state index contributed by atoms with van der Waals surface area (Å²) in [4.78, 5) is 24.5.